The predicted molar refractivity (Wildman–Crippen MR) is 113 cm³/mol. The van der Waals surface area contributed by atoms with Crippen LogP contribution in [0.2, 0.25) is 0 Å². The minimum Gasteiger partial charge on any atom is -0.396 e. The van der Waals surface area contributed by atoms with Crippen molar-refractivity contribution in [3.63, 3.8) is 0 Å². The van der Waals surface area contributed by atoms with Crippen molar-refractivity contribution in [2.24, 2.45) is 11.7 Å². The number of nitrogens with one attached hydrogen (secondary N) is 1. The van der Waals surface area contributed by atoms with Crippen molar-refractivity contribution in [2.75, 3.05) is 38.1 Å². The van der Waals surface area contributed by atoms with Crippen molar-refractivity contribution >= 4 is 23.5 Å². The highest BCUT2D eigenvalue weighted by atomic mass is 16.3. The number of urea groups is 1. The van der Waals surface area contributed by atoms with E-state index >= 15 is 0 Å². The minimum absolute atomic E-state index is 0.143. The largest absolute Gasteiger partial charge is 0.396 e. The van der Waals surface area contributed by atoms with Crippen LogP contribution in [0.5, 0.6) is 0 Å². The zero-order valence-electron chi connectivity index (χ0n) is 17.5. The first-order chi connectivity index (χ1) is 14.2. The number of rotatable bonds is 4. The van der Waals surface area contributed by atoms with Gasteiger partial charge in [-0.15, -0.1) is 0 Å². The summed E-state index contributed by atoms with van der Waals surface area (Å²) in [5.74, 6) is 0.283. The number of carbonyl (C=O) groups excluding carboxylic acids is 2. The van der Waals surface area contributed by atoms with Gasteiger partial charge in [0.1, 0.15) is 5.82 Å². The third-order valence-electron chi connectivity index (χ3n) is 5.51. The van der Waals surface area contributed by atoms with Crippen molar-refractivity contribution in [1.82, 2.24) is 19.4 Å². The van der Waals surface area contributed by atoms with Crippen molar-refractivity contribution in [3.05, 3.63) is 28.8 Å². The van der Waals surface area contributed by atoms with Gasteiger partial charge in [-0.05, 0) is 45.1 Å². The number of nitrogens with zero attached hydrogens (tertiary/aromatic N) is 4. The molecule has 3 amide bonds. The van der Waals surface area contributed by atoms with Crippen molar-refractivity contribution < 1.29 is 14.7 Å². The van der Waals surface area contributed by atoms with Crippen LogP contribution >= 0.6 is 0 Å². The smallest absolute Gasteiger partial charge is 0.353 e. The second-order valence-corrected chi connectivity index (χ2v) is 8.41. The van der Waals surface area contributed by atoms with E-state index in [0.29, 0.717) is 32.6 Å². The molecule has 3 rings (SSSR count). The Bertz CT molecular complexity index is 880. The van der Waals surface area contributed by atoms with Crippen molar-refractivity contribution in [1.29, 1.82) is 0 Å². The number of hydrogen-bond donors (Lipinski definition) is 3. The lowest BCUT2D eigenvalue weighted by molar-refractivity contribution is -0.137. The fourth-order valence-electron chi connectivity index (χ4n) is 3.66. The molecule has 1 saturated heterocycles. The van der Waals surface area contributed by atoms with Crippen LogP contribution in [0, 0.1) is 5.92 Å². The molecule has 1 aromatic heterocycles. The van der Waals surface area contributed by atoms with Gasteiger partial charge in [-0.2, -0.15) is 4.98 Å². The van der Waals surface area contributed by atoms with Gasteiger partial charge < -0.3 is 20.6 Å². The van der Waals surface area contributed by atoms with E-state index in [9.17, 15) is 19.5 Å². The topological polar surface area (TPSA) is 134 Å². The Hall–Kier alpha value is -2.72. The zero-order valence-corrected chi connectivity index (χ0v) is 17.5. The molecule has 1 aliphatic heterocycles. The van der Waals surface area contributed by atoms with Crippen LogP contribution in [0.1, 0.15) is 33.1 Å². The molecule has 30 heavy (non-hydrogen) atoms. The van der Waals surface area contributed by atoms with Gasteiger partial charge in [0.05, 0.1) is 5.54 Å². The van der Waals surface area contributed by atoms with Crippen LogP contribution in [0.25, 0.3) is 5.70 Å². The molecule has 10 heteroatoms. The highest BCUT2D eigenvalue weighted by molar-refractivity contribution is 5.89. The standard InChI is InChI=1S/C20H30N6O4/c1-20(2,21)17(28)24-9-11-25(12-10-24)18(29)22-16-7-8-26(19(30)23-16)15-5-3-14(13-27)4-6-15/h5,7-8,14,27H,3-4,6,9-13,21H2,1-2H3,(H,22,23,29,30). The van der Waals surface area contributed by atoms with Gasteiger partial charge in [0, 0.05) is 44.7 Å². The second kappa shape index (κ2) is 8.97. The fraction of sp³-hybridized carbons (Fsp3) is 0.600. The van der Waals surface area contributed by atoms with Gasteiger partial charge in [-0.3, -0.25) is 14.7 Å². The fourth-order valence-corrected chi connectivity index (χ4v) is 3.66. The molecule has 0 radical (unpaired) electrons. The molecule has 4 N–H and O–H groups in total. The zero-order chi connectivity index (χ0) is 21.9. The number of piperazine rings is 1. The summed E-state index contributed by atoms with van der Waals surface area (Å²) < 4.78 is 1.47. The highest BCUT2D eigenvalue weighted by Gasteiger charge is 2.31. The second-order valence-electron chi connectivity index (χ2n) is 8.41. The minimum atomic E-state index is -0.939. The molecule has 1 fully saturated rings. The third-order valence-corrected chi connectivity index (χ3v) is 5.51. The SMILES string of the molecule is CC(C)(N)C(=O)N1CCN(C(=O)Nc2ccn(C3=CCC(CO)CC3)c(=O)n2)CC1. The number of carbonyl (C=O) groups is 2. The van der Waals surface area contributed by atoms with Crippen LogP contribution < -0.4 is 16.7 Å². The first-order valence-corrected chi connectivity index (χ1v) is 10.2. The molecule has 10 nitrogen and oxygen atoms in total. The van der Waals surface area contributed by atoms with Crippen molar-refractivity contribution in [2.45, 2.75) is 38.6 Å². The lowest BCUT2D eigenvalue weighted by atomic mass is 9.93. The average Bonchev–Trinajstić information content (AvgIpc) is 2.73. The van der Waals surface area contributed by atoms with E-state index in [1.807, 2.05) is 6.08 Å². The molecule has 0 aromatic carbocycles. The first-order valence-electron chi connectivity index (χ1n) is 10.2. The predicted octanol–water partition coefficient (Wildman–Crippen LogP) is 0.290. The third kappa shape index (κ3) is 5.06. The Labute approximate surface area is 175 Å². The van der Waals surface area contributed by atoms with Gasteiger partial charge in [0.25, 0.3) is 0 Å². The van der Waals surface area contributed by atoms with Gasteiger partial charge in [0.15, 0.2) is 0 Å². The number of hydrogen-bond acceptors (Lipinski definition) is 6. The number of aliphatic hydroxyl groups excluding tert-OH is 1. The summed E-state index contributed by atoms with van der Waals surface area (Å²) >= 11 is 0. The van der Waals surface area contributed by atoms with E-state index in [2.05, 4.69) is 10.3 Å². The van der Waals surface area contributed by atoms with E-state index in [-0.39, 0.29) is 30.3 Å². The van der Waals surface area contributed by atoms with E-state index in [0.717, 1.165) is 18.5 Å². The molecule has 164 valence electrons. The molecule has 0 spiro atoms. The van der Waals surface area contributed by atoms with Crippen LogP contribution in [-0.2, 0) is 4.79 Å². The van der Waals surface area contributed by atoms with E-state index in [1.54, 1.807) is 35.9 Å². The Kier molecular flexibility index (Phi) is 6.57. The quantitative estimate of drug-likeness (QED) is 0.643. The Morgan fingerprint density at radius 2 is 1.93 bits per heavy atom. The summed E-state index contributed by atoms with van der Waals surface area (Å²) in [7, 11) is 0. The summed E-state index contributed by atoms with van der Waals surface area (Å²) in [5, 5.41) is 11.9. The summed E-state index contributed by atoms with van der Waals surface area (Å²) in [6, 6.07) is 1.23. The van der Waals surface area contributed by atoms with Gasteiger partial charge in [-0.1, -0.05) is 6.08 Å². The van der Waals surface area contributed by atoms with Gasteiger partial charge in [0.2, 0.25) is 5.91 Å². The monoisotopic (exact) mass is 418 g/mol. The number of anilines is 1. The van der Waals surface area contributed by atoms with E-state index in [4.69, 9.17) is 5.73 Å². The van der Waals surface area contributed by atoms with Crippen LogP contribution in [-0.4, -0.2) is 74.7 Å². The molecule has 1 unspecified atom stereocenters. The van der Waals surface area contributed by atoms with Crippen LogP contribution in [0.15, 0.2) is 23.1 Å². The lowest BCUT2D eigenvalue weighted by Crippen LogP contribution is -2.58. The maximum Gasteiger partial charge on any atom is 0.353 e. The number of aliphatic hydroxyl groups is 1. The maximum atomic E-state index is 12.5. The molecule has 0 bridgehead atoms. The summed E-state index contributed by atoms with van der Waals surface area (Å²) in [4.78, 5) is 44.4. The highest BCUT2D eigenvalue weighted by Crippen LogP contribution is 2.25. The Morgan fingerprint density at radius 3 is 2.47 bits per heavy atom. The molecular weight excluding hydrogens is 388 g/mol. The summed E-state index contributed by atoms with van der Waals surface area (Å²) in [5.41, 5.74) is 5.33. The molecule has 1 atom stereocenters. The molecule has 0 saturated carbocycles. The summed E-state index contributed by atoms with van der Waals surface area (Å²) in [6.07, 6.45) is 5.81. The average molecular weight is 418 g/mol. The maximum absolute atomic E-state index is 12.5. The molecule has 2 heterocycles. The van der Waals surface area contributed by atoms with Crippen LogP contribution in [0.3, 0.4) is 0 Å². The summed E-state index contributed by atoms with van der Waals surface area (Å²) in [6.45, 7) is 5.05. The number of allylic oxidation sites excluding steroid dienone is 2. The molecule has 1 aromatic rings. The molecule has 2 aliphatic rings. The Balaban J connectivity index is 1.58. The van der Waals surface area contributed by atoms with Gasteiger partial charge >= 0.3 is 11.7 Å². The van der Waals surface area contributed by atoms with E-state index < -0.39 is 11.2 Å². The van der Waals surface area contributed by atoms with Crippen LogP contribution in [0.4, 0.5) is 10.6 Å². The first kappa shape index (κ1) is 22.0. The normalized spacial score (nSPS) is 20.0. The molecule has 1 aliphatic carbocycles. The lowest BCUT2D eigenvalue weighted by Gasteiger charge is -2.37. The number of aromatic nitrogens is 2. The number of nitrogens with two attached hydrogens (primary N) is 1. The Morgan fingerprint density at radius 1 is 1.27 bits per heavy atom. The van der Waals surface area contributed by atoms with Gasteiger partial charge in [-0.25, -0.2) is 9.59 Å². The number of amides is 3. The molecular formula is C20H30N6O4. The van der Waals surface area contributed by atoms with E-state index in [1.165, 1.54) is 4.57 Å². The van der Waals surface area contributed by atoms with Crippen molar-refractivity contribution in [3.8, 4) is 0 Å².